The topological polar surface area (TPSA) is 63.0 Å². The van der Waals surface area contributed by atoms with E-state index in [9.17, 15) is 0 Å². The van der Waals surface area contributed by atoms with E-state index in [0.717, 1.165) is 31.9 Å². The summed E-state index contributed by atoms with van der Waals surface area (Å²) in [4.78, 5) is 4.21. The Morgan fingerprint density at radius 1 is 1.14 bits per heavy atom. The first kappa shape index (κ1) is 11.1. The minimum absolute atomic E-state index is 0.695. The first-order valence-corrected chi connectivity index (χ1v) is 4.95. The summed E-state index contributed by atoms with van der Waals surface area (Å²) in [5.74, 6) is 0. The number of pyridine rings is 1. The summed E-state index contributed by atoms with van der Waals surface area (Å²) < 4.78 is 0. The van der Waals surface area contributed by atoms with Gasteiger partial charge in [-0.25, -0.2) is 0 Å². The van der Waals surface area contributed by atoms with E-state index in [1.165, 1.54) is 0 Å². The zero-order valence-corrected chi connectivity index (χ0v) is 8.37. The lowest BCUT2D eigenvalue weighted by Gasteiger charge is -2.04. The Kier molecular flexibility index (Phi) is 5.90. The summed E-state index contributed by atoms with van der Waals surface area (Å²) in [5, 5.41) is 6.51. The first-order chi connectivity index (χ1) is 6.93. The van der Waals surface area contributed by atoms with Crippen molar-refractivity contribution in [3.63, 3.8) is 0 Å². The molecule has 0 aliphatic heterocycles. The Bertz CT molecular complexity index is 225. The first-order valence-electron chi connectivity index (χ1n) is 4.95. The van der Waals surface area contributed by atoms with E-state index in [1.807, 2.05) is 24.4 Å². The zero-order valence-electron chi connectivity index (χ0n) is 8.37. The lowest BCUT2D eigenvalue weighted by atomic mass is 10.3. The van der Waals surface area contributed by atoms with Crippen LogP contribution < -0.4 is 16.4 Å². The lowest BCUT2D eigenvalue weighted by molar-refractivity contribution is 0.609. The van der Waals surface area contributed by atoms with Gasteiger partial charge in [0, 0.05) is 38.9 Å². The molecule has 14 heavy (non-hydrogen) atoms. The molecule has 0 atom stereocenters. The van der Waals surface area contributed by atoms with E-state index in [0.29, 0.717) is 6.54 Å². The van der Waals surface area contributed by atoms with Crippen LogP contribution in [0.4, 0.5) is 0 Å². The van der Waals surface area contributed by atoms with Crippen LogP contribution in [0.2, 0.25) is 0 Å². The summed E-state index contributed by atoms with van der Waals surface area (Å²) in [7, 11) is 0. The normalized spacial score (nSPS) is 10.4. The molecule has 0 bridgehead atoms. The van der Waals surface area contributed by atoms with E-state index in [1.54, 1.807) is 0 Å². The molecular weight excluding hydrogens is 176 g/mol. The SMILES string of the molecule is NCCNCCNCc1ccccn1. The van der Waals surface area contributed by atoms with Gasteiger partial charge < -0.3 is 16.4 Å². The number of hydrogen-bond donors (Lipinski definition) is 3. The maximum Gasteiger partial charge on any atom is 0.0541 e. The summed E-state index contributed by atoms with van der Waals surface area (Å²) in [5.41, 5.74) is 6.42. The summed E-state index contributed by atoms with van der Waals surface area (Å²) >= 11 is 0. The fourth-order valence-corrected chi connectivity index (χ4v) is 1.12. The number of hydrogen-bond acceptors (Lipinski definition) is 4. The number of nitrogens with one attached hydrogen (secondary N) is 2. The molecule has 4 heteroatoms. The van der Waals surface area contributed by atoms with Gasteiger partial charge in [0.2, 0.25) is 0 Å². The highest BCUT2D eigenvalue weighted by molar-refractivity contribution is 5.02. The second kappa shape index (κ2) is 7.44. The highest BCUT2D eigenvalue weighted by Crippen LogP contribution is 1.90. The van der Waals surface area contributed by atoms with Crippen LogP contribution in [-0.4, -0.2) is 31.2 Å². The van der Waals surface area contributed by atoms with Gasteiger partial charge in [-0.1, -0.05) is 6.07 Å². The van der Waals surface area contributed by atoms with Gasteiger partial charge in [-0.3, -0.25) is 4.98 Å². The maximum atomic E-state index is 5.34. The van der Waals surface area contributed by atoms with Gasteiger partial charge in [0.25, 0.3) is 0 Å². The summed E-state index contributed by atoms with van der Waals surface area (Å²) in [6, 6.07) is 5.93. The fraction of sp³-hybridized carbons (Fsp3) is 0.500. The van der Waals surface area contributed by atoms with Crippen molar-refractivity contribution in [2.75, 3.05) is 26.2 Å². The highest BCUT2D eigenvalue weighted by Gasteiger charge is 1.91. The van der Waals surface area contributed by atoms with Gasteiger partial charge in [-0.15, -0.1) is 0 Å². The molecule has 0 spiro atoms. The second-order valence-electron chi connectivity index (χ2n) is 3.04. The molecule has 0 amide bonds. The summed E-state index contributed by atoms with van der Waals surface area (Å²) in [6.45, 7) is 4.29. The van der Waals surface area contributed by atoms with Crippen molar-refractivity contribution >= 4 is 0 Å². The third-order valence-corrected chi connectivity index (χ3v) is 1.83. The molecule has 4 nitrogen and oxygen atoms in total. The van der Waals surface area contributed by atoms with Crippen molar-refractivity contribution in [2.24, 2.45) is 5.73 Å². The minimum Gasteiger partial charge on any atom is -0.329 e. The fourth-order valence-electron chi connectivity index (χ4n) is 1.12. The van der Waals surface area contributed by atoms with Crippen molar-refractivity contribution in [3.8, 4) is 0 Å². The third-order valence-electron chi connectivity index (χ3n) is 1.83. The molecule has 78 valence electrons. The molecule has 1 aromatic heterocycles. The molecular formula is C10H18N4. The lowest BCUT2D eigenvalue weighted by Crippen LogP contribution is -2.30. The zero-order chi connectivity index (χ0) is 10.1. The number of rotatable bonds is 7. The maximum absolute atomic E-state index is 5.34. The molecule has 0 radical (unpaired) electrons. The molecule has 0 saturated carbocycles. The van der Waals surface area contributed by atoms with Crippen molar-refractivity contribution in [2.45, 2.75) is 6.54 Å². The van der Waals surface area contributed by atoms with E-state index in [-0.39, 0.29) is 0 Å². The predicted molar refractivity (Wildman–Crippen MR) is 57.9 cm³/mol. The third kappa shape index (κ3) is 4.91. The molecule has 0 aliphatic rings. The average molecular weight is 194 g/mol. The Labute approximate surface area is 84.9 Å². The van der Waals surface area contributed by atoms with Crippen LogP contribution in [0.25, 0.3) is 0 Å². The Hall–Kier alpha value is -0.970. The molecule has 1 aromatic rings. The molecule has 1 rings (SSSR count). The minimum atomic E-state index is 0.695. The van der Waals surface area contributed by atoms with E-state index >= 15 is 0 Å². The van der Waals surface area contributed by atoms with Crippen molar-refractivity contribution in [1.82, 2.24) is 15.6 Å². The Morgan fingerprint density at radius 3 is 2.71 bits per heavy atom. The van der Waals surface area contributed by atoms with E-state index in [2.05, 4.69) is 15.6 Å². The largest absolute Gasteiger partial charge is 0.329 e. The molecule has 4 N–H and O–H groups in total. The highest BCUT2D eigenvalue weighted by atomic mass is 15.0. The number of aromatic nitrogens is 1. The van der Waals surface area contributed by atoms with Gasteiger partial charge in [0.05, 0.1) is 5.69 Å². The van der Waals surface area contributed by atoms with Gasteiger partial charge in [-0.05, 0) is 12.1 Å². The van der Waals surface area contributed by atoms with Crippen LogP contribution in [0.5, 0.6) is 0 Å². The Balaban J connectivity index is 1.99. The smallest absolute Gasteiger partial charge is 0.0541 e. The standard InChI is InChI=1S/C10H18N4/c11-4-6-12-7-8-13-9-10-3-1-2-5-14-10/h1-3,5,12-13H,4,6-9,11H2. The Morgan fingerprint density at radius 2 is 2.00 bits per heavy atom. The van der Waals surface area contributed by atoms with Crippen molar-refractivity contribution < 1.29 is 0 Å². The molecule has 1 heterocycles. The van der Waals surface area contributed by atoms with Gasteiger partial charge in [-0.2, -0.15) is 0 Å². The van der Waals surface area contributed by atoms with Crippen molar-refractivity contribution in [3.05, 3.63) is 30.1 Å². The molecule has 0 fully saturated rings. The van der Waals surface area contributed by atoms with Crippen LogP contribution in [0.15, 0.2) is 24.4 Å². The van der Waals surface area contributed by atoms with Gasteiger partial charge in [0.1, 0.15) is 0 Å². The monoisotopic (exact) mass is 194 g/mol. The molecule has 0 unspecified atom stereocenters. The van der Waals surface area contributed by atoms with Crippen LogP contribution in [-0.2, 0) is 6.54 Å². The quantitative estimate of drug-likeness (QED) is 0.522. The number of nitrogens with zero attached hydrogens (tertiary/aromatic N) is 1. The van der Waals surface area contributed by atoms with Crippen LogP contribution in [0.1, 0.15) is 5.69 Å². The predicted octanol–water partition coefficient (Wildman–Crippen LogP) is -0.280. The van der Waals surface area contributed by atoms with Crippen LogP contribution in [0.3, 0.4) is 0 Å². The van der Waals surface area contributed by atoms with Crippen molar-refractivity contribution in [1.29, 1.82) is 0 Å². The van der Waals surface area contributed by atoms with E-state index in [4.69, 9.17) is 5.73 Å². The second-order valence-corrected chi connectivity index (χ2v) is 3.04. The molecule has 0 saturated heterocycles. The number of nitrogens with two attached hydrogens (primary N) is 1. The average Bonchev–Trinajstić information content (AvgIpc) is 2.25. The van der Waals surface area contributed by atoms with E-state index < -0.39 is 0 Å². The molecule has 0 aromatic carbocycles. The molecule has 0 aliphatic carbocycles. The van der Waals surface area contributed by atoms with Crippen LogP contribution >= 0.6 is 0 Å². The summed E-state index contributed by atoms with van der Waals surface area (Å²) in [6.07, 6.45) is 1.81. The van der Waals surface area contributed by atoms with Crippen LogP contribution in [0, 0.1) is 0 Å². The van der Waals surface area contributed by atoms with Gasteiger partial charge >= 0.3 is 0 Å². The van der Waals surface area contributed by atoms with Gasteiger partial charge in [0.15, 0.2) is 0 Å².